The Hall–Kier alpha value is -3.57. The number of rotatable bonds is 6. The molecule has 0 spiro atoms. The first-order valence-electron chi connectivity index (χ1n) is 12.4. The third-order valence-corrected chi connectivity index (χ3v) is 8.16. The van der Waals surface area contributed by atoms with Crippen molar-refractivity contribution in [2.75, 3.05) is 27.3 Å². The first kappa shape index (κ1) is 24.1. The molecular weight excluding hydrogens is 450 g/mol. The van der Waals surface area contributed by atoms with Crippen LogP contribution in [0, 0.1) is 11.8 Å². The fourth-order valence-electron chi connectivity index (χ4n) is 6.10. The lowest BCUT2D eigenvalue weighted by Crippen LogP contribution is -2.48. The molecule has 2 aliphatic rings. The molecule has 3 aromatic rings. The molecule has 1 aliphatic heterocycles. The van der Waals surface area contributed by atoms with Crippen LogP contribution in [0.2, 0.25) is 0 Å². The highest BCUT2D eigenvalue weighted by Gasteiger charge is 2.56. The van der Waals surface area contributed by atoms with Gasteiger partial charge in [-0.1, -0.05) is 85.8 Å². The number of ether oxygens (including phenoxy) is 2. The van der Waals surface area contributed by atoms with E-state index in [-0.39, 0.29) is 29.6 Å². The van der Waals surface area contributed by atoms with Crippen molar-refractivity contribution >= 4 is 5.91 Å². The molecule has 0 saturated carbocycles. The maximum Gasteiger partial charge on any atom is 0.227 e. The van der Waals surface area contributed by atoms with Crippen molar-refractivity contribution in [2.24, 2.45) is 11.8 Å². The number of carbonyl (C=O) groups excluding carboxylic acids is 1. The number of hydrogen-bond donors (Lipinski definition) is 1. The van der Waals surface area contributed by atoms with Gasteiger partial charge in [0.2, 0.25) is 5.91 Å². The van der Waals surface area contributed by atoms with E-state index in [1.54, 1.807) is 14.2 Å². The normalized spacial score (nSPS) is 26.9. The summed E-state index contributed by atoms with van der Waals surface area (Å²) in [5.41, 5.74) is 1.18. The number of amides is 1. The van der Waals surface area contributed by atoms with Crippen LogP contribution in [0.1, 0.15) is 23.6 Å². The topological polar surface area (TPSA) is 59.0 Å². The van der Waals surface area contributed by atoms with Crippen LogP contribution in [-0.4, -0.2) is 43.2 Å². The van der Waals surface area contributed by atoms with Crippen LogP contribution < -0.4 is 9.47 Å². The summed E-state index contributed by atoms with van der Waals surface area (Å²) in [6.45, 7) is 3.23. The zero-order chi connectivity index (χ0) is 25.3. The minimum absolute atomic E-state index is 0.0152. The van der Waals surface area contributed by atoms with Gasteiger partial charge in [0.25, 0.3) is 0 Å². The Balaban J connectivity index is 1.54. The third-order valence-electron chi connectivity index (χ3n) is 8.16. The number of para-hydroxylation sites is 2. The molecule has 5 rings (SSSR count). The Morgan fingerprint density at radius 3 is 2.19 bits per heavy atom. The molecule has 1 aliphatic carbocycles. The summed E-state index contributed by atoms with van der Waals surface area (Å²) < 4.78 is 11.1. The van der Waals surface area contributed by atoms with Gasteiger partial charge in [-0.3, -0.25) is 4.79 Å². The highest BCUT2D eigenvalue weighted by Crippen LogP contribution is 2.54. The Bertz CT molecular complexity index is 1270. The van der Waals surface area contributed by atoms with Crippen molar-refractivity contribution in [3.8, 4) is 11.5 Å². The number of benzene rings is 3. The average Bonchev–Trinajstić information content (AvgIpc) is 3.40. The number of hydrogen-bond acceptors (Lipinski definition) is 4. The standard InChI is InChI=1S/C31H33NO4/c1-30(23-12-5-4-6-13-23)17-18-31(34,24-14-8-10-16-28(24)36-3)26-21-32(20-25(26)30)29(33)19-22-11-7-9-15-27(22)35-2/h4-18,25-26,34H,19-21H2,1-3H3/t25?,26?,30-,31?/m1/s1. The lowest BCUT2D eigenvalue weighted by atomic mass is 9.58. The second kappa shape index (κ2) is 9.47. The molecule has 0 bridgehead atoms. The van der Waals surface area contributed by atoms with E-state index in [2.05, 4.69) is 25.1 Å². The lowest BCUT2D eigenvalue weighted by Gasteiger charge is -2.47. The molecule has 3 aromatic carbocycles. The third kappa shape index (κ3) is 3.97. The first-order valence-corrected chi connectivity index (χ1v) is 12.4. The Morgan fingerprint density at radius 1 is 0.861 bits per heavy atom. The highest BCUT2D eigenvalue weighted by molar-refractivity contribution is 5.80. The predicted molar refractivity (Wildman–Crippen MR) is 140 cm³/mol. The SMILES string of the molecule is COc1ccccc1CC(=O)N1CC2C(C1)[C@@](C)(c1ccccc1)C=CC2(O)c1ccccc1OC. The van der Waals surface area contributed by atoms with Crippen molar-refractivity contribution < 1.29 is 19.4 Å². The molecule has 3 unspecified atom stereocenters. The van der Waals surface area contributed by atoms with Crippen molar-refractivity contribution in [1.82, 2.24) is 4.90 Å². The molecule has 5 heteroatoms. The van der Waals surface area contributed by atoms with Crippen LogP contribution in [0.5, 0.6) is 11.5 Å². The van der Waals surface area contributed by atoms with E-state index < -0.39 is 5.60 Å². The van der Waals surface area contributed by atoms with Crippen molar-refractivity contribution in [3.05, 3.63) is 108 Å². The maximum absolute atomic E-state index is 13.6. The minimum atomic E-state index is -1.26. The molecule has 1 N–H and O–H groups in total. The smallest absolute Gasteiger partial charge is 0.227 e. The van der Waals surface area contributed by atoms with E-state index in [1.165, 1.54) is 5.56 Å². The zero-order valence-electron chi connectivity index (χ0n) is 21.1. The summed E-state index contributed by atoms with van der Waals surface area (Å²) in [7, 11) is 3.25. The van der Waals surface area contributed by atoms with Gasteiger partial charge in [-0.05, 0) is 23.6 Å². The van der Waals surface area contributed by atoms with Crippen LogP contribution in [0.15, 0.2) is 91.0 Å². The molecule has 36 heavy (non-hydrogen) atoms. The van der Waals surface area contributed by atoms with Gasteiger partial charge in [-0.15, -0.1) is 0 Å². The summed E-state index contributed by atoms with van der Waals surface area (Å²) in [4.78, 5) is 15.5. The second-order valence-corrected chi connectivity index (χ2v) is 10.0. The Labute approximate surface area is 213 Å². The van der Waals surface area contributed by atoms with Gasteiger partial charge in [-0.2, -0.15) is 0 Å². The van der Waals surface area contributed by atoms with E-state index in [0.29, 0.717) is 24.6 Å². The number of methoxy groups -OCH3 is 2. The molecule has 4 atom stereocenters. The highest BCUT2D eigenvalue weighted by atomic mass is 16.5. The molecule has 186 valence electrons. The van der Waals surface area contributed by atoms with Gasteiger partial charge >= 0.3 is 0 Å². The van der Waals surface area contributed by atoms with Gasteiger partial charge in [0.1, 0.15) is 17.1 Å². The predicted octanol–water partition coefficient (Wildman–Crippen LogP) is 4.74. The van der Waals surface area contributed by atoms with E-state index >= 15 is 0 Å². The maximum atomic E-state index is 13.6. The minimum Gasteiger partial charge on any atom is -0.496 e. The summed E-state index contributed by atoms with van der Waals surface area (Å²) >= 11 is 0. The molecule has 1 saturated heterocycles. The number of likely N-dealkylation sites (tertiary alicyclic amines) is 1. The van der Waals surface area contributed by atoms with E-state index in [0.717, 1.165) is 11.1 Å². The molecule has 0 radical (unpaired) electrons. The number of carbonyl (C=O) groups is 1. The number of fused-ring (bicyclic) bond motifs is 1. The average molecular weight is 484 g/mol. The summed E-state index contributed by atoms with van der Waals surface area (Å²) in [5, 5.41) is 12.3. The van der Waals surface area contributed by atoms with Gasteiger partial charge in [0.15, 0.2) is 0 Å². The van der Waals surface area contributed by atoms with Gasteiger partial charge in [0.05, 0.1) is 20.6 Å². The Kier molecular flexibility index (Phi) is 6.35. The molecule has 5 nitrogen and oxygen atoms in total. The van der Waals surface area contributed by atoms with E-state index in [9.17, 15) is 9.90 Å². The number of aliphatic hydroxyl groups is 1. The van der Waals surface area contributed by atoms with Crippen molar-refractivity contribution in [1.29, 1.82) is 0 Å². The monoisotopic (exact) mass is 483 g/mol. The molecule has 1 heterocycles. The summed E-state index contributed by atoms with van der Waals surface area (Å²) in [6.07, 6.45) is 4.31. The van der Waals surface area contributed by atoms with Crippen molar-refractivity contribution in [3.63, 3.8) is 0 Å². The van der Waals surface area contributed by atoms with Crippen LogP contribution in [0.25, 0.3) is 0 Å². The fourth-order valence-corrected chi connectivity index (χ4v) is 6.10. The van der Waals surface area contributed by atoms with Crippen LogP contribution >= 0.6 is 0 Å². The van der Waals surface area contributed by atoms with E-state index in [4.69, 9.17) is 9.47 Å². The molecule has 1 amide bonds. The van der Waals surface area contributed by atoms with Crippen LogP contribution in [0.3, 0.4) is 0 Å². The first-order chi connectivity index (χ1) is 17.4. The molecule has 1 fully saturated rings. The lowest BCUT2D eigenvalue weighted by molar-refractivity contribution is -0.129. The van der Waals surface area contributed by atoms with Crippen molar-refractivity contribution in [2.45, 2.75) is 24.4 Å². The fraction of sp³-hybridized carbons (Fsp3) is 0.323. The van der Waals surface area contributed by atoms with Gasteiger partial charge in [0, 0.05) is 35.5 Å². The van der Waals surface area contributed by atoms with E-state index in [1.807, 2.05) is 77.7 Å². The number of nitrogens with zero attached hydrogens (tertiary/aromatic N) is 1. The summed E-state index contributed by atoms with van der Waals surface area (Å²) in [5.74, 6) is 1.20. The van der Waals surface area contributed by atoms with Gasteiger partial charge in [-0.25, -0.2) is 0 Å². The Morgan fingerprint density at radius 2 is 1.47 bits per heavy atom. The number of allylic oxidation sites excluding steroid dienone is 1. The quantitative estimate of drug-likeness (QED) is 0.515. The van der Waals surface area contributed by atoms with Crippen LogP contribution in [-0.2, 0) is 22.2 Å². The van der Waals surface area contributed by atoms with Crippen LogP contribution in [0.4, 0.5) is 0 Å². The summed E-state index contributed by atoms with van der Waals surface area (Å²) in [6, 6.07) is 25.6. The molecular formula is C31H33NO4. The van der Waals surface area contributed by atoms with Gasteiger partial charge < -0.3 is 19.5 Å². The second-order valence-electron chi connectivity index (χ2n) is 10.0. The molecule has 0 aromatic heterocycles. The zero-order valence-corrected chi connectivity index (χ0v) is 21.1. The largest absolute Gasteiger partial charge is 0.496 e.